The van der Waals surface area contributed by atoms with Crippen LogP contribution < -0.4 is 5.32 Å². The Bertz CT molecular complexity index is 470. The lowest BCUT2D eigenvalue weighted by Crippen LogP contribution is -2.38. The summed E-state index contributed by atoms with van der Waals surface area (Å²) in [5, 5.41) is 3.31. The van der Waals surface area contributed by atoms with Gasteiger partial charge in [-0.2, -0.15) is 0 Å². The Morgan fingerprint density at radius 3 is 2.90 bits per heavy atom. The van der Waals surface area contributed by atoms with E-state index >= 15 is 0 Å². The minimum absolute atomic E-state index is 0.180. The molecule has 1 heterocycles. The van der Waals surface area contributed by atoms with Gasteiger partial charge in [0.05, 0.1) is 5.56 Å². The van der Waals surface area contributed by atoms with E-state index in [2.05, 4.69) is 30.1 Å². The maximum absolute atomic E-state index is 12.9. The lowest BCUT2D eigenvalue weighted by molar-refractivity contribution is 0.0699. The molecule has 0 spiro atoms. The molecule has 20 heavy (non-hydrogen) atoms. The Balaban J connectivity index is 2.28. The molecule has 110 valence electrons. The molecule has 1 N–H and O–H groups in total. The van der Waals surface area contributed by atoms with Crippen LogP contribution in [0, 0.1) is 6.92 Å². The maximum Gasteiger partial charge on any atom is 0.256 e. The Kier molecular flexibility index (Phi) is 5.05. The van der Waals surface area contributed by atoms with Gasteiger partial charge in [0.2, 0.25) is 0 Å². The Morgan fingerprint density at radius 2 is 2.15 bits per heavy atom. The SMILES string of the molecule is CCNc1ccc(C)cc1C(=O)N1CCCCCC1C. The number of hydrogen-bond donors (Lipinski definition) is 1. The van der Waals surface area contributed by atoms with E-state index in [1.807, 2.05) is 19.1 Å². The van der Waals surface area contributed by atoms with E-state index < -0.39 is 0 Å². The highest BCUT2D eigenvalue weighted by molar-refractivity contribution is 6.00. The largest absolute Gasteiger partial charge is 0.385 e. The summed E-state index contributed by atoms with van der Waals surface area (Å²) in [6.07, 6.45) is 4.72. The summed E-state index contributed by atoms with van der Waals surface area (Å²) >= 11 is 0. The number of likely N-dealkylation sites (tertiary alicyclic amines) is 1. The molecule has 3 nitrogen and oxygen atoms in total. The van der Waals surface area contributed by atoms with Crippen LogP contribution in [0.15, 0.2) is 18.2 Å². The molecule has 1 aromatic carbocycles. The van der Waals surface area contributed by atoms with Crippen molar-refractivity contribution in [3.8, 4) is 0 Å². The predicted molar refractivity (Wildman–Crippen MR) is 84.3 cm³/mol. The number of carbonyl (C=O) groups is 1. The fourth-order valence-corrected chi connectivity index (χ4v) is 2.91. The zero-order valence-corrected chi connectivity index (χ0v) is 12.9. The highest BCUT2D eigenvalue weighted by atomic mass is 16.2. The van der Waals surface area contributed by atoms with Gasteiger partial charge in [0.25, 0.3) is 5.91 Å². The fraction of sp³-hybridized carbons (Fsp3) is 0.588. The van der Waals surface area contributed by atoms with E-state index in [-0.39, 0.29) is 5.91 Å². The summed E-state index contributed by atoms with van der Waals surface area (Å²) in [7, 11) is 0. The lowest BCUT2D eigenvalue weighted by atomic mass is 10.1. The second-order valence-electron chi connectivity index (χ2n) is 5.78. The Hall–Kier alpha value is -1.51. The summed E-state index contributed by atoms with van der Waals surface area (Å²) in [6, 6.07) is 6.44. The van der Waals surface area contributed by atoms with E-state index in [1.165, 1.54) is 12.8 Å². The van der Waals surface area contributed by atoms with Gasteiger partial charge in [0, 0.05) is 24.8 Å². The maximum atomic E-state index is 12.9. The van der Waals surface area contributed by atoms with Gasteiger partial charge in [0.1, 0.15) is 0 Å². The molecule has 1 atom stereocenters. The summed E-state index contributed by atoms with van der Waals surface area (Å²) in [5.41, 5.74) is 2.91. The van der Waals surface area contributed by atoms with Gasteiger partial charge in [0.15, 0.2) is 0 Å². The molecule has 1 aromatic rings. The van der Waals surface area contributed by atoms with E-state index in [0.29, 0.717) is 6.04 Å². The van der Waals surface area contributed by atoms with Crippen LogP contribution in [0.4, 0.5) is 5.69 Å². The summed E-state index contributed by atoms with van der Waals surface area (Å²) in [5.74, 6) is 0.180. The van der Waals surface area contributed by atoms with Crippen LogP contribution in [0.1, 0.15) is 55.5 Å². The van der Waals surface area contributed by atoms with Gasteiger partial charge in [-0.1, -0.05) is 24.5 Å². The molecule has 1 fully saturated rings. The fourth-order valence-electron chi connectivity index (χ4n) is 2.91. The summed E-state index contributed by atoms with van der Waals surface area (Å²) < 4.78 is 0. The van der Waals surface area contributed by atoms with Crippen LogP contribution in [-0.4, -0.2) is 29.9 Å². The quantitative estimate of drug-likeness (QED) is 0.908. The number of nitrogens with zero attached hydrogens (tertiary/aromatic N) is 1. The van der Waals surface area contributed by atoms with Crippen molar-refractivity contribution in [1.29, 1.82) is 0 Å². The molecule has 2 rings (SSSR count). The van der Waals surface area contributed by atoms with Crippen LogP contribution in [0.25, 0.3) is 0 Å². The van der Waals surface area contributed by atoms with Crippen molar-refractivity contribution < 1.29 is 4.79 Å². The van der Waals surface area contributed by atoms with Gasteiger partial charge in [-0.15, -0.1) is 0 Å². The van der Waals surface area contributed by atoms with Gasteiger partial charge >= 0.3 is 0 Å². The Labute approximate surface area is 122 Å². The zero-order chi connectivity index (χ0) is 14.5. The van der Waals surface area contributed by atoms with Crippen LogP contribution in [-0.2, 0) is 0 Å². The third kappa shape index (κ3) is 3.33. The molecule has 3 heteroatoms. The lowest BCUT2D eigenvalue weighted by Gasteiger charge is -2.28. The van der Waals surface area contributed by atoms with E-state index in [0.717, 1.165) is 42.7 Å². The van der Waals surface area contributed by atoms with E-state index in [4.69, 9.17) is 0 Å². The number of rotatable bonds is 3. The third-order valence-corrected chi connectivity index (χ3v) is 4.09. The standard InChI is InChI=1S/C17H26N2O/c1-4-18-16-10-9-13(2)12-15(16)17(20)19-11-7-5-6-8-14(19)3/h9-10,12,14,18H,4-8,11H2,1-3H3. The van der Waals surface area contributed by atoms with Gasteiger partial charge in [-0.25, -0.2) is 0 Å². The van der Waals surface area contributed by atoms with Crippen LogP contribution in [0.2, 0.25) is 0 Å². The first kappa shape index (κ1) is 14.9. The first-order chi connectivity index (χ1) is 9.63. The second kappa shape index (κ2) is 6.78. The molecular weight excluding hydrogens is 248 g/mol. The topological polar surface area (TPSA) is 32.3 Å². The minimum Gasteiger partial charge on any atom is -0.385 e. The van der Waals surface area contributed by atoms with Crippen LogP contribution >= 0.6 is 0 Å². The molecule has 0 aliphatic carbocycles. The molecule has 0 saturated carbocycles. The smallest absolute Gasteiger partial charge is 0.256 e. The van der Waals surface area contributed by atoms with Crippen molar-refractivity contribution in [1.82, 2.24) is 4.90 Å². The number of hydrogen-bond acceptors (Lipinski definition) is 2. The molecule has 0 radical (unpaired) electrons. The number of carbonyl (C=O) groups excluding carboxylic acids is 1. The average molecular weight is 274 g/mol. The van der Waals surface area contributed by atoms with Gasteiger partial charge in [-0.3, -0.25) is 4.79 Å². The van der Waals surface area contributed by atoms with Crippen molar-refractivity contribution >= 4 is 11.6 Å². The molecule has 1 unspecified atom stereocenters. The van der Waals surface area contributed by atoms with Crippen molar-refractivity contribution in [2.45, 2.75) is 52.5 Å². The van der Waals surface area contributed by atoms with Crippen molar-refractivity contribution in [2.24, 2.45) is 0 Å². The first-order valence-electron chi connectivity index (χ1n) is 7.79. The molecule has 1 aliphatic heterocycles. The molecular formula is C17H26N2O. The number of benzene rings is 1. The van der Waals surface area contributed by atoms with Crippen LogP contribution in [0.3, 0.4) is 0 Å². The van der Waals surface area contributed by atoms with Crippen molar-refractivity contribution in [3.63, 3.8) is 0 Å². The van der Waals surface area contributed by atoms with Gasteiger partial charge in [-0.05, 0) is 45.7 Å². The number of amides is 1. The van der Waals surface area contributed by atoms with E-state index in [9.17, 15) is 4.79 Å². The summed E-state index contributed by atoms with van der Waals surface area (Å²) in [4.78, 5) is 15.0. The van der Waals surface area contributed by atoms with Crippen LogP contribution in [0.5, 0.6) is 0 Å². The second-order valence-corrected chi connectivity index (χ2v) is 5.78. The number of anilines is 1. The molecule has 1 saturated heterocycles. The zero-order valence-electron chi connectivity index (χ0n) is 12.9. The average Bonchev–Trinajstić information content (AvgIpc) is 2.65. The number of aryl methyl sites for hydroxylation is 1. The summed E-state index contributed by atoms with van der Waals surface area (Å²) in [6.45, 7) is 7.99. The predicted octanol–water partition coefficient (Wildman–Crippen LogP) is 3.83. The third-order valence-electron chi connectivity index (χ3n) is 4.09. The highest BCUT2D eigenvalue weighted by Gasteiger charge is 2.24. The number of nitrogens with one attached hydrogen (secondary N) is 1. The first-order valence-corrected chi connectivity index (χ1v) is 7.79. The van der Waals surface area contributed by atoms with E-state index in [1.54, 1.807) is 0 Å². The monoisotopic (exact) mass is 274 g/mol. The normalized spacial score (nSPS) is 19.6. The molecule has 1 aliphatic rings. The van der Waals surface area contributed by atoms with Crippen molar-refractivity contribution in [3.05, 3.63) is 29.3 Å². The minimum atomic E-state index is 0.180. The Morgan fingerprint density at radius 1 is 1.35 bits per heavy atom. The molecule has 0 aromatic heterocycles. The van der Waals surface area contributed by atoms with Crippen molar-refractivity contribution in [2.75, 3.05) is 18.4 Å². The molecule has 1 amide bonds. The molecule has 0 bridgehead atoms. The highest BCUT2D eigenvalue weighted by Crippen LogP contribution is 2.23. The van der Waals surface area contributed by atoms with Gasteiger partial charge < -0.3 is 10.2 Å².